The topological polar surface area (TPSA) is 27.7 Å². The highest BCUT2D eigenvalue weighted by atomic mass is 17.2. The van der Waals surface area contributed by atoms with Crippen molar-refractivity contribution in [1.82, 2.24) is 0 Å². The fourth-order valence-electron chi connectivity index (χ4n) is 2.07. The number of hydroxylamine groups is 3. The van der Waals surface area contributed by atoms with Gasteiger partial charge in [0.15, 0.2) is 0 Å². The molecule has 0 saturated carbocycles. The minimum absolute atomic E-state index is 0.530. The molecular weight excluding hydrogens is 290 g/mol. The van der Waals surface area contributed by atoms with Gasteiger partial charge in [0.25, 0.3) is 0 Å². The Morgan fingerprint density at radius 2 is 0.739 bits per heavy atom. The Bertz CT molecular complexity index is 616. The lowest BCUT2D eigenvalue weighted by atomic mass is 10.3. The SMILES string of the molecule is C[N+](Oc1ccccc1)(Oc1ccccc1)Oc1ccccc1. The average molecular weight is 308 g/mol. The van der Waals surface area contributed by atoms with Crippen LogP contribution >= 0.6 is 0 Å². The summed E-state index contributed by atoms with van der Waals surface area (Å²) < 4.78 is 0. The number of nitrogens with zero attached hydrogens (tertiary/aromatic N) is 1. The summed E-state index contributed by atoms with van der Waals surface area (Å²) in [6.07, 6.45) is 0. The number of rotatable bonds is 6. The van der Waals surface area contributed by atoms with Crippen LogP contribution < -0.4 is 14.5 Å². The predicted molar refractivity (Wildman–Crippen MR) is 87.4 cm³/mol. The molecule has 116 valence electrons. The molecule has 0 aromatic heterocycles. The van der Waals surface area contributed by atoms with E-state index in [0.29, 0.717) is 17.2 Å². The van der Waals surface area contributed by atoms with Crippen LogP contribution in [0.2, 0.25) is 0 Å². The zero-order valence-electron chi connectivity index (χ0n) is 12.8. The van der Waals surface area contributed by atoms with Gasteiger partial charge in [0.2, 0.25) is 29.3 Å². The van der Waals surface area contributed by atoms with E-state index in [1.165, 1.54) is 0 Å². The summed E-state index contributed by atoms with van der Waals surface area (Å²) in [7, 11) is 1.69. The molecule has 0 atom stereocenters. The first-order valence-corrected chi connectivity index (χ1v) is 7.34. The molecule has 0 radical (unpaired) electrons. The highest BCUT2D eigenvalue weighted by Gasteiger charge is 2.32. The van der Waals surface area contributed by atoms with Gasteiger partial charge in [-0.05, 0) is 36.4 Å². The number of hydrogen-bond donors (Lipinski definition) is 0. The molecule has 0 amide bonds. The van der Waals surface area contributed by atoms with Gasteiger partial charge in [0, 0.05) is 0 Å². The van der Waals surface area contributed by atoms with Crippen molar-refractivity contribution in [3.8, 4) is 17.2 Å². The minimum Gasteiger partial charge on any atom is -0.225 e. The van der Waals surface area contributed by atoms with E-state index >= 15 is 0 Å². The fraction of sp³-hybridized carbons (Fsp3) is 0.0526. The third-order valence-corrected chi connectivity index (χ3v) is 3.04. The van der Waals surface area contributed by atoms with E-state index in [4.69, 9.17) is 14.5 Å². The molecule has 0 fully saturated rings. The molecule has 0 heterocycles. The first-order chi connectivity index (χ1) is 11.2. The van der Waals surface area contributed by atoms with Crippen molar-refractivity contribution in [2.45, 2.75) is 0 Å². The monoisotopic (exact) mass is 308 g/mol. The maximum Gasteiger partial charge on any atom is 0.212 e. The molecule has 0 N–H and O–H groups in total. The van der Waals surface area contributed by atoms with Crippen LogP contribution in [-0.4, -0.2) is 12.0 Å². The Kier molecular flexibility index (Phi) is 4.45. The summed E-state index contributed by atoms with van der Waals surface area (Å²) in [5.41, 5.74) is 0. The molecule has 0 spiro atoms. The normalized spacial score (nSPS) is 10.8. The van der Waals surface area contributed by atoms with Crippen LogP contribution in [0, 0.1) is 0 Å². The number of hydrogen-bond acceptors (Lipinski definition) is 3. The van der Waals surface area contributed by atoms with Gasteiger partial charge < -0.3 is 0 Å². The molecule has 0 unspecified atom stereocenters. The molecule has 0 saturated heterocycles. The number of para-hydroxylation sites is 3. The van der Waals surface area contributed by atoms with Gasteiger partial charge in [-0.1, -0.05) is 54.6 Å². The molecule has 4 nitrogen and oxygen atoms in total. The number of quaternary nitrogens is 1. The van der Waals surface area contributed by atoms with Gasteiger partial charge in [0.1, 0.15) is 0 Å². The van der Waals surface area contributed by atoms with Crippen LogP contribution in [0.15, 0.2) is 91.0 Å². The van der Waals surface area contributed by atoms with Crippen molar-refractivity contribution in [3.05, 3.63) is 91.0 Å². The molecule has 3 rings (SSSR count). The van der Waals surface area contributed by atoms with Crippen molar-refractivity contribution in [2.24, 2.45) is 0 Å². The second kappa shape index (κ2) is 6.85. The van der Waals surface area contributed by atoms with E-state index in [1.807, 2.05) is 91.0 Å². The predicted octanol–water partition coefficient (Wildman–Crippen LogP) is 4.42. The van der Waals surface area contributed by atoms with Crippen molar-refractivity contribution < 1.29 is 19.5 Å². The molecule has 0 aliphatic rings. The van der Waals surface area contributed by atoms with Gasteiger partial charge in [-0.15, -0.1) is 0 Å². The molecular formula is C19H18NO3+. The molecule has 4 heteroatoms. The second-order valence-electron chi connectivity index (χ2n) is 4.98. The summed E-state index contributed by atoms with van der Waals surface area (Å²) in [4.78, 5) is 17.2. The lowest BCUT2D eigenvalue weighted by Crippen LogP contribution is -2.52. The van der Waals surface area contributed by atoms with Gasteiger partial charge in [-0.2, -0.15) is 0 Å². The van der Waals surface area contributed by atoms with Crippen LogP contribution in [0.5, 0.6) is 17.2 Å². The Morgan fingerprint density at radius 3 is 1.00 bits per heavy atom. The van der Waals surface area contributed by atoms with Gasteiger partial charge >= 0.3 is 0 Å². The molecule has 0 aliphatic heterocycles. The molecule has 23 heavy (non-hydrogen) atoms. The van der Waals surface area contributed by atoms with Gasteiger partial charge in [-0.3, -0.25) is 0 Å². The van der Waals surface area contributed by atoms with Crippen molar-refractivity contribution >= 4 is 0 Å². The van der Waals surface area contributed by atoms with Crippen molar-refractivity contribution in [1.29, 1.82) is 0 Å². The largest absolute Gasteiger partial charge is 0.225 e. The van der Waals surface area contributed by atoms with E-state index in [-0.39, 0.29) is 0 Å². The van der Waals surface area contributed by atoms with E-state index in [2.05, 4.69) is 0 Å². The van der Waals surface area contributed by atoms with E-state index in [0.717, 1.165) is 0 Å². The fourth-order valence-corrected chi connectivity index (χ4v) is 2.07. The third kappa shape index (κ3) is 4.25. The van der Waals surface area contributed by atoms with Gasteiger partial charge in [-0.25, -0.2) is 14.5 Å². The molecule has 0 bridgehead atoms. The Morgan fingerprint density at radius 1 is 0.478 bits per heavy atom. The van der Waals surface area contributed by atoms with Crippen molar-refractivity contribution in [3.63, 3.8) is 0 Å². The van der Waals surface area contributed by atoms with E-state index in [1.54, 1.807) is 7.05 Å². The first kappa shape index (κ1) is 14.9. The van der Waals surface area contributed by atoms with Gasteiger partial charge in [0.05, 0.1) is 0 Å². The van der Waals surface area contributed by atoms with Crippen LogP contribution in [-0.2, 0) is 0 Å². The lowest BCUT2D eigenvalue weighted by molar-refractivity contribution is -1.30. The first-order valence-electron chi connectivity index (χ1n) is 7.34. The second-order valence-corrected chi connectivity index (χ2v) is 4.98. The summed E-state index contributed by atoms with van der Waals surface area (Å²) in [5, 5.41) is 0. The Balaban J connectivity index is 1.85. The smallest absolute Gasteiger partial charge is 0.212 e. The molecule has 3 aromatic carbocycles. The molecule has 0 aliphatic carbocycles. The highest BCUT2D eigenvalue weighted by molar-refractivity contribution is 5.22. The highest BCUT2D eigenvalue weighted by Crippen LogP contribution is 2.22. The van der Waals surface area contributed by atoms with E-state index < -0.39 is 4.97 Å². The average Bonchev–Trinajstić information content (AvgIpc) is 2.57. The maximum absolute atomic E-state index is 5.90. The summed E-state index contributed by atoms with van der Waals surface area (Å²) in [5.74, 6) is 1.92. The summed E-state index contributed by atoms with van der Waals surface area (Å²) in [6, 6.07) is 28.2. The van der Waals surface area contributed by atoms with Crippen LogP contribution in [0.3, 0.4) is 0 Å². The Labute approximate surface area is 135 Å². The minimum atomic E-state index is -0.530. The maximum atomic E-state index is 5.90. The molecule has 3 aromatic rings. The Hall–Kier alpha value is -2.98. The number of benzene rings is 3. The van der Waals surface area contributed by atoms with Crippen LogP contribution in [0.4, 0.5) is 0 Å². The van der Waals surface area contributed by atoms with Crippen molar-refractivity contribution in [2.75, 3.05) is 7.05 Å². The quantitative estimate of drug-likeness (QED) is 0.498. The van der Waals surface area contributed by atoms with Crippen LogP contribution in [0.1, 0.15) is 0 Å². The zero-order valence-corrected chi connectivity index (χ0v) is 12.8. The standard InChI is InChI=1S/C19H18NO3/c1-20(21-17-11-5-2-6-12-17,22-18-13-7-3-8-14-18)23-19-15-9-4-10-16-19/h2-16H,1H3/q+1. The van der Waals surface area contributed by atoms with Crippen LogP contribution in [0.25, 0.3) is 0 Å². The summed E-state index contributed by atoms with van der Waals surface area (Å²) in [6.45, 7) is 0. The summed E-state index contributed by atoms with van der Waals surface area (Å²) >= 11 is 0. The third-order valence-electron chi connectivity index (χ3n) is 3.04. The van der Waals surface area contributed by atoms with E-state index in [9.17, 15) is 0 Å². The lowest BCUT2D eigenvalue weighted by Gasteiger charge is -2.26. The zero-order chi connectivity index (χ0) is 16.0.